The fourth-order valence-electron chi connectivity index (χ4n) is 5.35. The van der Waals surface area contributed by atoms with E-state index in [1.807, 2.05) is 24.3 Å². The van der Waals surface area contributed by atoms with E-state index in [4.69, 9.17) is 10.5 Å². The molecule has 182 valence electrons. The molecule has 1 atom stereocenters. The topological polar surface area (TPSA) is 58.7 Å². The number of allylic oxidation sites excluding steroid dienone is 1. The van der Waals surface area contributed by atoms with Gasteiger partial charge >= 0.3 is 0 Å². The maximum absolute atomic E-state index is 12.5. The fourth-order valence-corrected chi connectivity index (χ4v) is 5.35. The highest BCUT2D eigenvalue weighted by molar-refractivity contribution is 6.00. The van der Waals surface area contributed by atoms with Gasteiger partial charge in [-0.15, -0.1) is 0 Å². The Morgan fingerprint density at radius 2 is 1.74 bits per heavy atom. The third-order valence-corrected chi connectivity index (χ3v) is 7.07. The van der Waals surface area contributed by atoms with E-state index in [0.29, 0.717) is 12.2 Å². The van der Waals surface area contributed by atoms with E-state index in [1.54, 1.807) is 6.07 Å². The molecule has 1 fully saturated rings. The van der Waals surface area contributed by atoms with Crippen molar-refractivity contribution < 1.29 is 14.2 Å². The number of aryl methyl sites for hydroxylation is 1. The average Bonchev–Trinajstić information content (AvgIpc) is 3.22. The number of ether oxygens (including phenoxy) is 1. The highest BCUT2D eigenvalue weighted by atomic mass is 19.1. The lowest BCUT2D eigenvalue weighted by atomic mass is 9.88. The summed E-state index contributed by atoms with van der Waals surface area (Å²) >= 11 is 0. The van der Waals surface area contributed by atoms with Gasteiger partial charge in [0.25, 0.3) is 0 Å². The van der Waals surface area contributed by atoms with E-state index < -0.39 is 0 Å². The SMILES string of the molecule is Nc1ccc(C2=C(c3ccc(OC4CCN(CCCF)C4)cc3)c3ccc(O)cc3CCC2)cc1. The zero-order chi connectivity index (χ0) is 24.2. The van der Waals surface area contributed by atoms with Crippen LogP contribution in [0.4, 0.5) is 10.1 Å². The number of benzene rings is 3. The Morgan fingerprint density at radius 3 is 2.51 bits per heavy atom. The highest BCUT2D eigenvalue weighted by Crippen LogP contribution is 2.41. The summed E-state index contributed by atoms with van der Waals surface area (Å²) in [5.74, 6) is 1.17. The summed E-state index contributed by atoms with van der Waals surface area (Å²) < 4.78 is 18.8. The van der Waals surface area contributed by atoms with Gasteiger partial charge in [0.1, 0.15) is 17.6 Å². The minimum absolute atomic E-state index is 0.145. The van der Waals surface area contributed by atoms with Gasteiger partial charge in [-0.1, -0.05) is 30.3 Å². The summed E-state index contributed by atoms with van der Waals surface area (Å²) in [6, 6.07) is 22.2. The van der Waals surface area contributed by atoms with Gasteiger partial charge in [-0.25, -0.2) is 0 Å². The molecular weight excluding hydrogens is 439 g/mol. The maximum atomic E-state index is 12.5. The molecule has 5 rings (SSSR count). The number of nitrogens with two attached hydrogens (primary N) is 1. The number of halogens is 1. The Balaban J connectivity index is 1.46. The summed E-state index contributed by atoms with van der Waals surface area (Å²) in [5, 5.41) is 10.1. The number of phenolic OH excluding ortho intramolecular Hbond substituents is 1. The van der Waals surface area contributed by atoms with Crippen LogP contribution in [0.5, 0.6) is 11.5 Å². The molecule has 0 radical (unpaired) electrons. The lowest BCUT2D eigenvalue weighted by Gasteiger charge is -2.19. The van der Waals surface area contributed by atoms with E-state index in [0.717, 1.165) is 62.3 Å². The van der Waals surface area contributed by atoms with Crippen LogP contribution < -0.4 is 10.5 Å². The molecule has 1 aliphatic carbocycles. The molecule has 1 heterocycles. The molecule has 1 unspecified atom stereocenters. The Hall–Kier alpha value is -3.31. The second kappa shape index (κ2) is 10.5. The second-order valence-electron chi connectivity index (χ2n) is 9.57. The summed E-state index contributed by atoms with van der Waals surface area (Å²) in [6.45, 7) is 2.35. The van der Waals surface area contributed by atoms with Crippen LogP contribution in [0.3, 0.4) is 0 Å². The zero-order valence-corrected chi connectivity index (χ0v) is 20.1. The van der Waals surface area contributed by atoms with Crippen molar-refractivity contribution >= 4 is 16.8 Å². The lowest BCUT2D eigenvalue weighted by molar-refractivity contribution is 0.198. The highest BCUT2D eigenvalue weighted by Gasteiger charge is 2.24. The number of hydrogen-bond acceptors (Lipinski definition) is 4. The molecule has 0 aromatic heterocycles. The van der Waals surface area contributed by atoms with Gasteiger partial charge in [-0.05, 0) is 102 Å². The normalized spacial score (nSPS) is 18.4. The first-order valence-electron chi connectivity index (χ1n) is 12.6. The first-order valence-corrected chi connectivity index (χ1v) is 12.6. The number of phenols is 1. The van der Waals surface area contributed by atoms with Crippen LogP contribution in [0.15, 0.2) is 66.7 Å². The fraction of sp³-hybridized carbons (Fsp3) is 0.333. The van der Waals surface area contributed by atoms with Crippen LogP contribution in [0.2, 0.25) is 0 Å². The number of likely N-dealkylation sites (tertiary alicyclic amines) is 1. The van der Waals surface area contributed by atoms with E-state index in [9.17, 15) is 9.50 Å². The molecule has 0 bridgehead atoms. The second-order valence-corrected chi connectivity index (χ2v) is 9.57. The molecule has 2 aliphatic rings. The van der Waals surface area contributed by atoms with Gasteiger partial charge in [0.05, 0.1) is 6.67 Å². The maximum Gasteiger partial charge on any atom is 0.119 e. The van der Waals surface area contributed by atoms with Crippen molar-refractivity contribution in [3.63, 3.8) is 0 Å². The van der Waals surface area contributed by atoms with Crippen LogP contribution in [-0.2, 0) is 6.42 Å². The van der Waals surface area contributed by atoms with Gasteiger partial charge in [-0.2, -0.15) is 0 Å². The van der Waals surface area contributed by atoms with Crippen LogP contribution >= 0.6 is 0 Å². The summed E-state index contributed by atoms with van der Waals surface area (Å²) in [5.41, 5.74) is 13.9. The number of aromatic hydroxyl groups is 1. The van der Waals surface area contributed by atoms with E-state index in [1.165, 1.54) is 27.8 Å². The van der Waals surface area contributed by atoms with Crippen molar-refractivity contribution in [3.05, 3.63) is 89.0 Å². The molecule has 0 amide bonds. The van der Waals surface area contributed by atoms with E-state index >= 15 is 0 Å². The third-order valence-electron chi connectivity index (χ3n) is 7.07. The van der Waals surface area contributed by atoms with Crippen LogP contribution in [0.25, 0.3) is 11.1 Å². The minimum Gasteiger partial charge on any atom is -0.508 e. The van der Waals surface area contributed by atoms with Crippen molar-refractivity contribution in [2.24, 2.45) is 0 Å². The minimum atomic E-state index is -0.263. The van der Waals surface area contributed by atoms with Gasteiger partial charge in [-0.3, -0.25) is 9.29 Å². The molecule has 1 saturated heterocycles. The van der Waals surface area contributed by atoms with Crippen LogP contribution in [0, 0.1) is 0 Å². The Labute approximate surface area is 206 Å². The van der Waals surface area contributed by atoms with Crippen molar-refractivity contribution in [1.29, 1.82) is 0 Å². The number of alkyl halides is 1. The number of nitrogens with zero attached hydrogens (tertiary/aromatic N) is 1. The number of fused-ring (bicyclic) bond motifs is 1. The molecule has 0 spiro atoms. The predicted octanol–water partition coefficient (Wildman–Crippen LogP) is 6.08. The van der Waals surface area contributed by atoms with E-state index in [-0.39, 0.29) is 12.8 Å². The molecular formula is C30H33FN2O2. The van der Waals surface area contributed by atoms with Crippen LogP contribution in [0.1, 0.15) is 47.9 Å². The standard InChI is InChI=1S/C30H33FN2O2/c31-16-2-17-33-18-15-27(20-33)35-26-12-7-22(8-13-26)30-28(21-5-9-24(32)10-6-21)4-1-3-23-19-25(34)11-14-29(23)30/h5-14,19,27,34H,1-4,15-18,20,32H2. The third kappa shape index (κ3) is 5.35. The first kappa shape index (κ1) is 23.4. The summed E-state index contributed by atoms with van der Waals surface area (Å²) in [7, 11) is 0. The molecule has 3 aromatic rings. The molecule has 5 heteroatoms. The molecule has 3 aromatic carbocycles. The monoisotopic (exact) mass is 472 g/mol. The first-order chi connectivity index (χ1) is 17.1. The van der Waals surface area contributed by atoms with Crippen molar-refractivity contribution in [3.8, 4) is 11.5 Å². The van der Waals surface area contributed by atoms with Crippen molar-refractivity contribution in [2.45, 2.75) is 38.2 Å². The van der Waals surface area contributed by atoms with Crippen molar-refractivity contribution in [2.75, 3.05) is 32.0 Å². The summed E-state index contributed by atoms with van der Waals surface area (Å²) in [4.78, 5) is 2.28. The van der Waals surface area contributed by atoms with E-state index in [2.05, 4.69) is 41.3 Å². The average molecular weight is 473 g/mol. The zero-order valence-electron chi connectivity index (χ0n) is 20.1. The van der Waals surface area contributed by atoms with Crippen LogP contribution in [-0.4, -0.2) is 42.4 Å². The lowest BCUT2D eigenvalue weighted by Crippen LogP contribution is -2.26. The van der Waals surface area contributed by atoms with Gasteiger partial charge in [0, 0.05) is 25.3 Å². The number of anilines is 1. The Kier molecular flexibility index (Phi) is 7.05. The Bertz CT molecular complexity index is 1190. The van der Waals surface area contributed by atoms with Crippen molar-refractivity contribution in [1.82, 2.24) is 4.90 Å². The molecule has 3 N–H and O–H groups in total. The van der Waals surface area contributed by atoms with Gasteiger partial charge in [0.2, 0.25) is 0 Å². The summed E-state index contributed by atoms with van der Waals surface area (Å²) in [6.07, 6.45) is 4.59. The predicted molar refractivity (Wildman–Crippen MR) is 140 cm³/mol. The molecule has 35 heavy (non-hydrogen) atoms. The Morgan fingerprint density at radius 1 is 0.971 bits per heavy atom. The largest absolute Gasteiger partial charge is 0.508 e. The van der Waals surface area contributed by atoms with Gasteiger partial charge < -0.3 is 15.6 Å². The van der Waals surface area contributed by atoms with Gasteiger partial charge in [0.15, 0.2) is 0 Å². The molecule has 1 aliphatic heterocycles. The molecule has 0 saturated carbocycles. The number of rotatable bonds is 7. The smallest absolute Gasteiger partial charge is 0.119 e. The number of hydrogen-bond donors (Lipinski definition) is 2. The quantitative estimate of drug-likeness (QED) is 0.409. The number of nitrogen functional groups attached to an aromatic ring is 1. The molecule has 4 nitrogen and oxygen atoms in total.